The molecule has 5 aromatic rings. The number of nitro groups is 1. The van der Waals surface area contributed by atoms with Crippen LogP contribution in [0.4, 0.5) is 5.69 Å². The first kappa shape index (κ1) is 20.5. The lowest BCUT2D eigenvalue weighted by Gasteiger charge is -2.04. The number of fused-ring (bicyclic) bond motifs is 1. The Balaban J connectivity index is 1.73. The molecule has 0 saturated heterocycles. The van der Waals surface area contributed by atoms with Gasteiger partial charge >= 0.3 is 0 Å². The molecule has 0 spiro atoms. The summed E-state index contributed by atoms with van der Waals surface area (Å²) in [6.45, 7) is 8.71. The zero-order chi connectivity index (χ0) is 21.9. The van der Waals surface area contributed by atoms with Crippen molar-refractivity contribution < 1.29 is 4.92 Å². The van der Waals surface area contributed by atoms with Gasteiger partial charge in [0.05, 0.1) is 20.2 Å². The third kappa shape index (κ3) is 3.53. The van der Waals surface area contributed by atoms with Crippen molar-refractivity contribution in [1.29, 1.82) is 0 Å². The average Bonchev–Trinajstić information content (AvgIpc) is 3.44. The summed E-state index contributed by atoms with van der Waals surface area (Å²) < 4.78 is 2.50. The van der Waals surface area contributed by atoms with Crippen LogP contribution in [0.5, 0.6) is 0 Å². The van der Waals surface area contributed by atoms with E-state index in [0.717, 1.165) is 10.6 Å². The third-order valence-electron chi connectivity index (χ3n) is 5.17. The molecule has 0 unspecified atom stereocenters. The number of thiophene rings is 4. The number of pyridine rings is 1. The second kappa shape index (κ2) is 7.63. The predicted octanol–water partition coefficient (Wildman–Crippen LogP) is 8.62. The second-order valence-corrected chi connectivity index (χ2v) is 12.4. The number of hydrogen-bond acceptors (Lipinski definition) is 7. The molecule has 0 radical (unpaired) electrons. The van der Waals surface area contributed by atoms with E-state index in [-0.39, 0.29) is 5.69 Å². The molecule has 0 aliphatic carbocycles. The van der Waals surface area contributed by atoms with E-state index in [1.165, 1.54) is 62.7 Å². The fraction of sp³-hybridized carbons (Fsp3) is 0.174. The van der Waals surface area contributed by atoms with Crippen molar-refractivity contribution in [3.63, 3.8) is 0 Å². The molecule has 0 atom stereocenters. The molecule has 0 aliphatic heterocycles. The molecule has 0 aliphatic rings. The van der Waals surface area contributed by atoms with Gasteiger partial charge in [0.25, 0.3) is 5.69 Å². The highest BCUT2D eigenvalue weighted by Gasteiger charge is 2.23. The minimum Gasteiger partial charge on any atom is -0.258 e. The number of aryl methyl sites for hydroxylation is 4. The first-order chi connectivity index (χ1) is 14.8. The zero-order valence-corrected chi connectivity index (χ0v) is 20.6. The fourth-order valence-electron chi connectivity index (χ4n) is 3.82. The van der Waals surface area contributed by atoms with Crippen LogP contribution in [0.1, 0.15) is 19.5 Å². The Labute approximate surface area is 195 Å². The Morgan fingerprint density at radius 1 is 0.871 bits per heavy atom. The van der Waals surface area contributed by atoms with Gasteiger partial charge in [0.1, 0.15) is 6.20 Å². The van der Waals surface area contributed by atoms with Crippen molar-refractivity contribution in [1.82, 2.24) is 4.98 Å². The lowest BCUT2D eigenvalue weighted by Crippen LogP contribution is -1.89. The summed E-state index contributed by atoms with van der Waals surface area (Å²) in [5.41, 5.74) is 4.71. The van der Waals surface area contributed by atoms with Gasteiger partial charge < -0.3 is 0 Å². The monoisotopic (exact) mass is 482 g/mol. The number of hydrogen-bond donors (Lipinski definition) is 0. The van der Waals surface area contributed by atoms with Crippen molar-refractivity contribution in [2.24, 2.45) is 0 Å². The van der Waals surface area contributed by atoms with Crippen molar-refractivity contribution >= 4 is 60.4 Å². The standard InChI is InChI=1S/C23H18N2O2S4/c1-11-7-16(13(3)28-11)21-22(17-8-12(2)29-14(17)4)31-20-9-19(30-23(20)21)18-6-5-15(10-24-18)25(26)27/h5-10H,1-4H3. The maximum Gasteiger partial charge on any atom is 0.287 e. The molecule has 8 heteroatoms. The predicted molar refractivity (Wildman–Crippen MR) is 135 cm³/mol. The maximum atomic E-state index is 11.0. The van der Waals surface area contributed by atoms with Crippen LogP contribution in [-0.2, 0) is 0 Å². The van der Waals surface area contributed by atoms with Gasteiger partial charge in [0, 0.05) is 46.3 Å². The Kier molecular flexibility index (Phi) is 5.05. The van der Waals surface area contributed by atoms with Crippen LogP contribution in [0.3, 0.4) is 0 Å². The molecule has 5 aromatic heterocycles. The van der Waals surface area contributed by atoms with E-state index in [9.17, 15) is 10.1 Å². The van der Waals surface area contributed by atoms with Crippen molar-refractivity contribution in [3.05, 3.63) is 66.2 Å². The SMILES string of the molecule is Cc1cc(-c2sc3cc(-c4ccc([N+](=O)[O-])cn4)sc3c2-c2cc(C)sc2C)c(C)s1. The summed E-state index contributed by atoms with van der Waals surface area (Å²) in [6.07, 6.45) is 1.33. The van der Waals surface area contributed by atoms with Crippen LogP contribution in [0.2, 0.25) is 0 Å². The van der Waals surface area contributed by atoms with E-state index in [2.05, 4.69) is 50.9 Å². The zero-order valence-electron chi connectivity index (χ0n) is 17.3. The van der Waals surface area contributed by atoms with E-state index in [0.29, 0.717) is 0 Å². The first-order valence-corrected chi connectivity index (χ1v) is 12.9. The first-order valence-electron chi connectivity index (χ1n) is 9.63. The van der Waals surface area contributed by atoms with Crippen LogP contribution in [0, 0.1) is 37.8 Å². The van der Waals surface area contributed by atoms with Crippen LogP contribution in [0.15, 0.2) is 36.5 Å². The average molecular weight is 483 g/mol. The Morgan fingerprint density at radius 2 is 1.55 bits per heavy atom. The largest absolute Gasteiger partial charge is 0.287 e. The summed E-state index contributed by atoms with van der Waals surface area (Å²) >= 11 is 7.22. The Bertz CT molecular complexity index is 1450. The number of rotatable bonds is 4. The Morgan fingerprint density at radius 3 is 2.10 bits per heavy atom. The highest BCUT2D eigenvalue weighted by Crippen LogP contribution is 2.52. The van der Waals surface area contributed by atoms with Gasteiger partial charge in [0.15, 0.2) is 0 Å². The van der Waals surface area contributed by atoms with Crippen LogP contribution in [0.25, 0.3) is 41.5 Å². The van der Waals surface area contributed by atoms with Gasteiger partial charge in [-0.3, -0.25) is 10.1 Å². The summed E-state index contributed by atoms with van der Waals surface area (Å²) in [4.78, 5) is 22.5. The molecule has 0 aromatic carbocycles. The van der Waals surface area contributed by atoms with Gasteiger partial charge in [-0.25, -0.2) is 4.98 Å². The molecule has 0 N–H and O–H groups in total. The van der Waals surface area contributed by atoms with E-state index in [4.69, 9.17) is 0 Å². The smallest absolute Gasteiger partial charge is 0.258 e. The van der Waals surface area contributed by atoms with Gasteiger partial charge in [-0.2, -0.15) is 0 Å². The molecule has 0 amide bonds. The van der Waals surface area contributed by atoms with Crippen LogP contribution in [-0.4, -0.2) is 9.91 Å². The molecular weight excluding hydrogens is 465 g/mol. The molecule has 0 saturated carbocycles. The molecular formula is C23H18N2O2S4. The lowest BCUT2D eigenvalue weighted by molar-refractivity contribution is -0.385. The van der Waals surface area contributed by atoms with Crippen molar-refractivity contribution in [2.45, 2.75) is 27.7 Å². The molecule has 4 nitrogen and oxygen atoms in total. The topological polar surface area (TPSA) is 56.0 Å². The molecule has 5 heterocycles. The van der Waals surface area contributed by atoms with Crippen molar-refractivity contribution in [2.75, 3.05) is 0 Å². The van der Waals surface area contributed by atoms with Crippen molar-refractivity contribution in [3.8, 4) is 32.1 Å². The van der Waals surface area contributed by atoms with E-state index < -0.39 is 4.92 Å². The molecule has 0 fully saturated rings. The maximum absolute atomic E-state index is 11.0. The van der Waals surface area contributed by atoms with Gasteiger partial charge in [-0.05, 0) is 57.5 Å². The number of nitrogens with zero attached hydrogens (tertiary/aromatic N) is 2. The minimum atomic E-state index is -0.416. The highest BCUT2D eigenvalue weighted by molar-refractivity contribution is 7.32. The Hall–Kier alpha value is -2.39. The third-order valence-corrected chi connectivity index (χ3v) is 9.58. The highest BCUT2D eigenvalue weighted by atomic mass is 32.1. The molecule has 31 heavy (non-hydrogen) atoms. The minimum absolute atomic E-state index is 0.0118. The van der Waals surface area contributed by atoms with Crippen LogP contribution < -0.4 is 0 Å². The van der Waals surface area contributed by atoms with E-state index in [1.54, 1.807) is 17.4 Å². The summed E-state index contributed by atoms with van der Waals surface area (Å²) in [6, 6.07) is 10.0. The van der Waals surface area contributed by atoms with E-state index in [1.807, 2.05) is 34.0 Å². The molecule has 0 bridgehead atoms. The second-order valence-electron chi connectivity index (χ2n) is 7.42. The summed E-state index contributed by atoms with van der Waals surface area (Å²) in [7, 11) is 0. The number of aromatic nitrogens is 1. The van der Waals surface area contributed by atoms with Gasteiger partial charge in [-0.15, -0.1) is 45.3 Å². The van der Waals surface area contributed by atoms with E-state index >= 15 is 0 Å². The quantitative estimate of drug-likeness (QED) is 0.190. The lowest BCUT2D eigenvalue weighted by atomic mass is 10.0. The van der Waals surface area contributed by atoms with Gasteiger partial charge in [-0.1, -0.05) is 0 Å². The molecule has 5 rings (SSSR count). The van der Waals surface area contributed by atoms with Gasteiger partial charge in [0.2, 0.25) is 0 Å². The normalized spacial score (nSPS) is 11.5. The fourth-order valence-corrected chi connectivity index (χ4v) is 8.46. The summed E-state index contributed by atoms with van der Waals surface area (Å²) in [5.74, 6) is 0. The molecule has 156 valence electrons. The van der Waals surface area contributed by atoms with Crippen LogP contribution >= 0.6 is 45.3 Å². The summed E-state index contributed by atoms with van der Waals surface area (Å²) in [5, 5.41) is 11.0.